The van der Waals surface area contributed by atoms with Crippen LogP contribution >= 0.6 is 11.5 Å². The Kier molecular flexibility index (Phi) is 7.81. The first kappa shape index (κ1) is 14.3. The monoisotopic (exact) mass is 261 g/mol. The fourth-order valence-corrected chi connectivity index (χ4v) is 1.76. The van der Waals surface area contributed by atoms with Crippen LogP contribution in [0.2, 0.25) is 0 Å². The van der Waals surface area contributed by atoms with Gasteiger partial charge in [0.05, 0.1) is 33.0 Å². The van der Waals surface area contributed by atoms with Gasteiger partial charge in [-0.3, -0.25) is 0 Å². The van der Waals surface area contributed by atoms with Crippen LogP contribution in [0.3, 0.4) is 0 Å². The number of rotatable bonds is 10. The lowest BCUT2D eigenvalue weighted by Crippen LogP contribution is -2.09. The number of nitrogens with one attached hydrogen (secondary N) is 1. The van der Waals surface area contributed by atoms with Gasteiger partial charge >= 0.3 is 0 Å². The van der Waals surface area contributed by atoms with E-state index in [1.807, 2.05) is 6.92 Å². The summed E-state index contributed by atoms with van der Waals surface area (Å²) in [7, 11) is 1.65. The SMILES string of the molecule is CCNc1snnc1COCCOCCOC. The molecule has 1 heterocycles. The zero-order valence-electron chi connectivity index (χ0n) is 10.3. The summed E-state index contributed by atoms with van der Waals surface area (Å²) in [4.78, 5) is 0. The highest BCUT2D eigenvalue weighted by atomic mass is 32.1. The average Bonchev–Trinajstić information content (AvgIpc) is 2.76. The van der Waals surface area contributed by atoms with Gasteiger partial charge in [0.25, 0.3) is 0 Å². The van der Waals surface area contributed by atoms with Crippen LogP contribution in [0.25, 0.3) is 0 Å². The van der Waals surface area contributed by atoms with Crippen molar-refractivity contribution in [1.82, 2.24) is 9.59 Å². The van der Waals surface area contributed by atoms with Gasteiger partial charge in [-0.2, -0.15) is 0 Å². The summed E-state index contributed by atoms with van der Waals surface area (Å²) in [6.45, 7) is 5.68. The minimum Gasteiger partial charge on any atom is -0.382 e. The van der Waals surface area contributed by atoms with Crippen molar-refractivity contribution in [2.24, 2.45) is 0 Å². The fraction of sp³-hybridized carbons (Fsp3) is 0.800. The molecule has 0 atom stereocenters. The second kappa shape index (κ2) is 9.29. The molecule has 1 N–H and O–H groups in total. The molecule has 0 saturated heterocycles. The zero-order chi connectivity index (χ0) is 12.3. The summed E-state index contributed by atoms with van der Waals surface area (Å²) >= 11 is 1.35. The summed E-state index contributed by atoms with van der Waals surface area (Å²) < 4.78 is 19.5. The van der Waals surface area contributed by atoms with Crippen LogP contribution in [0, 0.1) is 0 Å². The molecule has 98 valence electrons. The Morgan fingerprint density at radius 3 is 2.71 bits per heavy atom. The van der Waals surface area contributed by atoms with Crippen molar-refractivity contribution < 1.29 is 14.2 Å². The maximum atomic E-state index is 5.44. The van der Waals surface area contributed by atoms with Gasteiger partial charge in [0.2, 0.25) is 0 Å². The molecule has 17 heavy (non-hydrogen) atoms. The number of anilines is 1. The summed E-state index contributed by atoms with van der Waals surface area (Å²) in [6.07, 6.45) is 0. The van der Waals surface area contributed by atoms with Gasteiger partial charge in [0.1, 0.15) is 10.7 Å². The number of aromatic nitrogens is 2. The Labute approximate surface area is 105 Å². The third-order valence-electron chi connectivity index (χ3n) is 1.94. The van der Waals surface area contributed by atoms with Crippen molar-refractivity contribution >= 4 is 16.5 Å². The number of hydrogen-bond donors (Lipinski definition) is 1. The Hall–Kier alpha value is -0.760. The molecule has 0 radical (unpaired) electrons. The molecule has 1 aromatic rings. The molecule has 0 fully saturated rings. The van der Waals surface area contributed by atoms with E-state index in [0.29, 0.717) is 33.0 Å². The van der Waals surface area contributed by atoms with E-state index in [9.17, 15) is 0 Å². The molecule has 7 heteroatoms. The molecule has 0 aliphatic heterocycles. The standard InChI is InChI=1S/C10H19N3O3S/c1-3-11-10-9(12-13-17-10)8-16-7-6-15-5-4-14-2/h11H,3-8H2,1-2H3. The van der Waals surface area contributed by atoms with Gasteiger partial charge in [-0.1, -0.05) is 4.49 Å². The van der Waals surface area contributed by atoms with Crippen LogP contribution in [0.5, 0.6) is 0 Å². The van der Waals surface area contributed by atoms with Crippen molar-refractivity contribution in [2.75, 3.05) is 45.4 Å². The van der Waals surface area contributed by atoms with Crippen molar-refractivity contribution in [3.8, 4) is 0 Å². The van der Waals surface area contributed by atoms with E-state index in [4.69, 9.17) is 14.2 Å². The number of nitrogens with zero attached hydrogens (tertiary/aromatic N) is 2. The summed E-state index contributed by atoms with van der Waals surface area (Å²) in [5, 5.41) is 8.17. The molecule has 0 aliphatic rings. The normalized spacial score (nSPS) is 10.7. The first-order chi connectivity index (χ1) is 8.38. The topological polar surface area (TPSA) is 65.5 Å². The van der Waals surface area contributed by atoms with Gasteiger partial charge in [0, 0.05) is 25.2 Å². The highest BCUT2D eigenvalue weighted by Gasteiger charge is 2.06. The summed E-state index contributed by atoms with van der Waals surface area (Å²) in [5.41, 5.74) is 0.855. The Morgan fingerprint density at radius 2 is 1.94 bits per heavy atom. The first-order valence-corrected chi connectivity index (χ1v) is 6.35. The van der Waals surface area contributed by atoms with E-state index in [1.54, 1.807) is 7.11 Å². The lowest BCUT2D eigenvalue weighted by atomic mass is 10.5. The van der Waals surface area contributed by atoms with Crippen LogP contribution in [-0.2, 0) is 20.8 Å². The maximum Gasteiger partial charge on any atom is 0.135 e. The molecule has 0 aromatic carbocycles. The second-order valence-electron chi connectivity index (χ2n) is 3.24. The fourth-order valence-electron chi connectivity index (χ4n) is 1.13. The van der Waals surface area contributed by atoms with E-state index in [2.05, 4.69) is 14.9 Å². The van der Waals surface area contributed by atoms with E-state index in [1.165, 1.54) is 11.5 Å². The third kappa shape index (κ3) is 5.92. The van der Waals surface area contributed by atoms with Gasteiger partial charge < -0.3 is 19.5 Å². The lowest BCUT2D eigenvalue weighted by molar-refractivity contribution is 0.0193. The largest absolute Gasteiger partial charge is 0.382 e. The highest BCUT2D eigenvalue weighted by molar-refractivity contribution is 7.10. The third-order valence-corrected chi connectivity index (χ3v) is 2.66. The Morgan fingerprint density at radius 1 is 1.18 bits per heavy atom. The molecule has 0 spiro atoms. The van der Waals surface area contributed by atoms with Crippen molar-refractivity contribution in [3.63, 3.8) is 0 Å². The molecule has 0 saturated carbocycles. The van der Waals surface area contributed by atoms with Gasteiger partial charge in [0.15, 0.2) is 0 Å². The molecule has 0 bridgehead atoms. The van der Waals surface area contributed by atoms with Gasteiger partial charge in [-0.15, -0.1) is 5.10 Å². The van der Waals surface area contributed by atoms with Crippen molar-refractivity contribution in [1.29, 1.82) is 0 Å². The molecular weight excluding hydrogens is 242 g/mol. The second-order valence-corrected chi connectivity index (χ2v) is 3.99. The maximum absolute atomic E-state index is 5.44. The minimum absolute atomic E-state index is 0.465. The predicted molar refractivity (Wildman–Crippen MR) is 66.4 cm³/mol. The molecule has 1 aromatic heterocycles. The van der Waals surface area contributed by atoms with Crippen molar-refractivity contribution in [3.05, 3.63) is 5.69 Å². The minimum atomic E-state index is 0.465. The van der Waals surface area contributed by atoms with E-state index < -0.39 is 0 Å². The van der Waals surface area contributed by atoms with E-state index in [-0.39, 0.29) is 0 Å². The van der Waals surface area contributed by atoms with Crippen LogP contribution in [0.15, 0.2) is 0 Å². The molecule has 0 unspecified atom stereocenters. The zero-order valence-corrected chi connectivity index (χ0v) is 11.1. The van der Waals surface area contributed by atoms with E-state index >= 15 is 0 Å². The predicted octanol–water partition coefficient (Wildman–Crippen LogP) is 1.15. The number of ether oxygens (including phenoxy) is 3. The summed E-state index contributed by atoms with van der Waals surface area (Å²) in [5.74, 6) is 0. The number of hydrogen-bond acceptors (Lipinski definition) is 7. The summed E-state index contributed by atoms with van der Waals surface area (Å²) in [6, 6.07) is 0. The van der Waals surface area contributed by atoms with Gasteiger partial charge in [-0.25, -0.2) is 0 Å². The Bertz CT molecular complexity index is 296. The quantitative estimate of drug-likeness (QED) is 0.637. The highest BCUT2D eigenvalue weighted by Crippen LogP contribution is 2.17. The van der Waals surface area contributed by atoms with Crippen molar-refractivity contribution in [2.45, 2.75) is 13.5 Å². The molecule has 0 aliphatic carbocycles. The molecule has 1 rings (SSSR count). The molecule has 6 nitrogen and oxygen atoms in total. The lowest BCUT2D eigenvalue weighted by Gasteiger charge is -2.05. The molecular formula is C10H19N3O3S. The average molecular weight is 261 g/mol. The van der Waals surface area contributed by atoms with E-state index in [0.717, 1.165) is 17.2 Å². The first-order valence-electron chi connectivity index (χ1n) is 5.58. The smallest absolute Gasteiger partial charge is 0.135 e. The van der Waals surface area contributed by atoms with Crippen LogP contribution in [-0.4, -0.2) is 49.7 Å². The van der Waals surface area contributed by atoms with Crippen LogP contribution < -0.4 is 5.32 Å². The van der Waals surface area contributed by atoms with Gasteiger partial charge in [-0.05, 0) is 6.92 Å². The van der Waals surface area contributed by atoms with Crippen LogP contribution in [0.1, 0.15) is 12.6 Å². The Balaban J connectivity index is 2.07. The van der Waals surface area contributed by atoms with Crippen LogP contribution in [0.4, 0.5) is 5.00 Å². The molecule has 0 amide bonds. The number of methoxy groups -OCH3 is 1.